The Bertz CT molecular complexity index is 1510. The van der Waals surface area contributed by atoms with Crippen LogP contribution in [0.1, 0.15) is 67.6 Å². The molecule has 0 radical (unpaired) electrons. The lowest BCUT2D eigenvalue weighted by Crippen LogP contribution is -3.00. The summed E-state index contributed by atoms with van der Waals surface area (Å²) in [5.41, 5.74) is 10.1. The first kappa shape index (κ1) is 38.1. The van der Waals surface area contributed by atoms with Crippen LogP contribution in [0, 0.1) is 17.4 Å². The summed E-state index contributed by atoms with van der Waals surface area (Å²) in [5.74, 6) is 0. The van der Waals surface area contributed by atoms with Crippen molar-refractivity contribution in [1.82, 2.24) is 4.48 Å². The molecule has 2 aliphatic rings. The molecule has 0 amide bonds. The highest BCUT2D eigenvalue weighted by molar-refractivity contribution is 14.1. The van der Waals surface area contributed by atoms with Gasteiger partial charge in [-0.05, 0) is 127 Å². The number of allylic oxidation sites excluding steroid dienone is 2. The van der Waals surface area contributed by atoms with E-state index in [-0.39, 0.29) is 48.0 Å². The van der Waals surface area contributed by atoms with Gasteiger partial charge in [-0.25, -0.2) is 9.13 Å². The van der Waals surface area contributed by atoms with Crippen molar-refractivity contribution in [2.75, 3.05) is 13.2 Å². The summed E-state index contributed by atoms with van der Waals surface area (Å²) in [6, 6.07) is 8.84. The van der Waals surface area contributed by atoms with Crippen LogP contribution in [0.3, 0.4) is 0 Å². The average molecular weight is 1050 g/mol. The lowest BCUT2D eigenvalue weighted by molar-refractivity contribution is -0.671. The molecule has 0 atom stereocenters. The molecule has 5 heterocycles. The molecule has 3 aromatic rings. The van der Waals surface area contributed by atoms with Crippen LogP contribution in [0.4, 0.5) is 0 Å². The molecular formula is C33H43BI4N4O2. The molecule has 2 aliphatic heterocycles. The molecule has 0 unspecified atom stereocenters. The zero-order chi connectivity index (χ0) is 30.0. The quantitative estimate of drug-likeness (QED) is 0.113. The number of nitrogens with zero attached hydrogens (tertiary/aromatic N) is 4. The molecule has 0 aliphatic carbocycles. The van der Waals surface area contributed by atoms with Crippen molar-refractivity contribution in [1.29, 1.82) is 0 Å². The number of rotatable bonds is 12. The number of fused-ring (bicyclic) bond motifs is 2. The molecule has 0 saturated carbocycles. The molecule has 0 spiro atoms. The van der Waals surface area contributed by atoms with E-state index >= 15 is 0 Å². The van der Waals surface area contributed by atoms with Crippen molar-refractivity contribution in [3.63, 3.8) is 0 Å². The highest BCUT2D eigenvalue weighted by Gasteiger charge is 2.55. The van der Waals surface area contributed by atoms with Crippen molar-refractivity contribution < 1.29 is 70.9 Å². The first-order valence-electron chi connectivity index (χ1n) is 15.0. The number of unbranched alkanes of at least 4 members (excludes halogenated alkanes) is 2. The molecule has 44 heavy (non-hydrogen) atoms. The molecular weight excluding hydrogens is 1000 g/mol. The number of hydrogen-bond acceptors (Lipinski definition) is 2. The van der Waals surface area contributed by atoms with Gasteiger partial charge < -0.3 is 66.2 Å². The van der Waals surface area contributed by atoms with Gasteiger partial charge in [0, 0.05) is 65.3 Å². The minimum Gasteiger partial charge on any atom is -1.00 e. The molecule has 5 rings (SSSR count). The summed E-state index contributed by atoms with van der Waals surface area (Å²) in [7, 11) is 4.12. The average Bonchev–Trinajstić information content (AvgIpc) is 3.34. The second-order valence-corrected chi connectivity index (χ2v) is 13.9. The molecule has 238 valence electrons. The Morgan fingerprint density at radius 2 is 1.23 bits per heavy atom. The van der Waals surface area contributed by atoms with Gasteiger partial charge in [0.15, 0.2) is 30.5 Å². The van der Waals surface area contributed by atoms with Gasteiger partial charge >= 0.3 is 6.82 Å². The van der Waals surface area contributed by atoms with E-state index in [0.29, 0.717) is 13.2 Å². The first-order valence-corrected chi connectivity index (χ1v) is 17.2. The molecule has 0 bridgehead atoms. The fourth-order valence-electron chi connectivity index (χ4n) is 6.22. The molecule has 11 heteroatoms. The SMILES string of the molecule is CC1=C(I)C(C)=[N+]2C1=Cc1c(C)c(I)c(C)n1[B-]2(OCCCCc1cc[n+](C)cc1)OCCCCc1cc[n+](C)cc1.[I-].[I-]. The maximum absolute atomic E-state index is 7.09. The van der Waals surface area contributed by atoms with E-state index < -0.39 is 6.82 Å². The van der Waals surface area contributed by atoms with E-state index in [4.69, 9.17) is 9.31 Å². The summed E-state index contributed by atoms with van der Waals surface area (Å²) >= 11 is 4.98. The monoisotopic (exact) mass is 1050 g/mol. The van der Waals surface area contributed by atoms with Crippen LogP contribution >= 0.6 is 45.2 Å². The van der Waals surface area contributed by atoms with E-state index in [1.54, 1.807) is 0 Å². The standard InChI is InChI=1S/C33H43BI2N4O2.2HI/c1-24-30-23-31-25(2)33(36)27(4)40(31)34(39(30)26(3)32(24)35,41-21-9-7-11-28-13-17-37(5)18-14-28)42-22-10-8-12-29-15-19-38(6)20-16-29;;/h13-20,23H,7-12,21-22H2,1-6H3;2*1H/q+2;;/p-2. The molecule has 0 N–H and O–H groups in total. The third-order valence-corrected chi connectivity index (χ3v) is 11.9. The van der Waals surface area contributed by atoms with Crippen LogP contribution in [-0.2, 0) is 36.2 Å². The van der Waals surface area contributed by atoms with Gasteiger partial charge in [-0.15, -0.1) is 0 Å². The second kappa shape index (κ2) is 16.6. The first-order chi connectivity index (χ1) is 20.1. The summed E-state index contributed by atoms with van der Waals surface area (Å²) in [5, 5.41) is 0. The summed E-state index contributed by atoms with van der Waals surface area (Å²) in [4.78, 5) is 0. The van der Waals surface area contributed by atoms with E-state index in [9.17, 15) is 0 Å². The van der Waals surface area contributed by atoms with Crippen LogP contribution in [-0.4, -0.2) is 34.7 Å². The van der Waals surface area contributed by atoms with E-state index in [0.717, 1.165) is 38.5 Å². The van der Waals surface area contributed by atoms with E-state index in [1.165, 1.54) is 52.2 Å². The minimum atomic E-state index is -1.99. The van der Waals surface area contributed by atoms with Gasteiger partial charge in [-0.2, -0.15) is 0 Å². The van der Waals surface area contributed by atoms with Gasteiger partial charge in [0.1, 0.15) is 19.8 Å². The largest absolute Gasteiger partial charge is 1.00 e. The zero-order valence-electron chi connectivity index (χ0n) is 26.5. The maximum Gasteiger partial charge on any atom is 0.666 e. The number of hydrogen-bond donors (Lipinski definition) is 0. The highest BCUT2D eigenvalue weighted by atomic mass is 127. The lowest BCUT2D eigenvalue weighted by atomic mass is 9.81. The molecule has 3 aromatic heterocycles. The zero-order valence-corrected chi connectivity index (χ0v) is 35.2. The summed E-state index contributed by atoms with van der Waals surface area (Å²) in [6.45, 7) is 8.16. The molecule has 6 nitrogen and oxygen atoms in total. The van der Waals surface area contributed by atoms with Crippen LogP contribution in [0.15, 0.2) is 63.9 Å². The lowest BCUT2D eigenvalue weighted by Gasteiger charge is -2.42. The predicted octanol–water partition coefficient (Wildman–Crippen LogP) is 0.280. The van der Waals surface area contributed by atoms with Crippen molar-refractivity contribution in [2.24, 2.45) is 14.1 Å². The Morgan fingerprint density at radius 3 is 1.70 bits per heavy atom. The Hall–Kier alpha value is -0.365. The van der Waals surface area contributed by atoms with Crippen molar-refractivity contribution >= 4 is 63.8 Å². The molecule has 0 saturated heterocycles. The van der Waals surface area contributed by atoms with Crippen molar-refractivity contribution in [3.05, 3.63) is 95.6 Å². The maximum atomic E-state index is 7.09. The topological polar surface area (TPSA) is 34.2 Å². The number of aryl methyl sites for hydroxylation is 4. The summed E-state index contributed by atoms with van der Waals surface area (Å²) in [6.07, 6.45) is 17.0. The van der Waals surface area contributed by atoms with Gasteiger partial charge in [0.05, 0.1) is 3.58 Å². The fourth-order valence-corrected chi connectivity index (χ4v) is 7.30. The number of aromatic nitrogens is 3. The van der Waals surface area contributed by atoms with Gasteiger partial charge in [0.25, 0.3) is 0 Å². The summed E-state index contributed by atoms with van der Waals surface area (Å²) < 4.78 is 25.7. The van der Waals surface area contributed by atoms with Crippen LogP contribution < -0.4 is 57.1 Å². The third kappa shape index (κ3) is 7.84. The smallest absolute Gasteiger partial charge is 0.666 e. The molecule has 0 aromatic carbocycles. The van der Waals surface area contributed by atoms with Crippen molar-refractivity contribution in [3.8, 4) is 0 Å². The Morgan fingerprint density at radius 1 is 0.750 bits per heavy atom. The van der Waals surface area contributed by atoms with Gasteiger partial charge in [0.2, 0.25) is 0 Å². The van der Waals surface area contributed by atoms with Crippen molar-refractivity contribution in [2.45, 2.75) is 66.2 Å². The number of halogens is 4. The minimum absolute atomic E-state index is 0. The van der Waals surface area contributed by atoms with E-state index in [2.05, 4.69) is 160 Å². The third-order valence-electron chi connectivity index (χ3n) is 8.71. The van der Waals surface area contributed by atoms with Crippen LogP contribution in [0.25, 0.3) is 6.08 Å². The Labute approximate surface area is 324 Å². The van der Waals surface area contributed by atoms with E-state index in [1.807, 2.05) is 0 Å². The normalized spacial score (nSPS) is 15.0. The van der Waals surface area contributed by atoms with Gasteiger partial charge in [-0.1, -0.05) is 0 Å². The fraction of sp³-hybridized carbons (Fsp3) is 0.424. The second-order valence-electron chi connectivity index (χ2n) is 11.7. The number of pyridine rings is 2. The van der Waals surface area contributed by atoms with Crippen LogP contribution in [0.2, 0.25) is 0 Å². The van der Waals surface area contributed by atoms with Crippen LogP contribution in [0.5, 0.6) is 0 Å². The van der Waals surface area contributed by atoms with Gasteiger partial charge in [-0.3, -0.25) is 0 Å². The Kier molecular flexibility index (Phi) is 14.4. The molecule has 0 fully saturated rings. The predicted molar refractivity (Wildman–Crippen MR) is 186 cm³/mol. The highest BCUT2D eigenvalue weighted by Crippen LogP contribution is 2.41. The Balaban J connectivity index is 0.00000264.